The Morgan fingerprint density at radius 2 is 1.55 bits per heavy atom. The summed E-state index contributed by atoms with van der Waals surface area (Å²) >= 11 is 0. The van der Waals surface area contributed by atoms with Crippen LogP contribution in [0.15, 0.2) is 30.5 Å². The van der Waals surface area contributed by atoms with Crippen LogP contribution in [0.1, 0.15) is 58.9 Å². The van der Waals surface area contributed by atoms with Crippen molar-refractivity contribution in [2.45, 2.75) is 84.0 Å². The van der Waals surface area contributed by atoms with Gasteiger partial charge in [-0.2, -0.15) is 0 Å². The first-order valence-electron chi connectivity index (χ1n) is 13.5. The van der Waals surface area contributed by atoms with Gasteiger partial charge in [-0.1, -0.05) is 45.9 Å². The van der Waals surface area contributed by atoms with Crippen molar-refractivity contribution in [1.82, 2.24) is 26.3 Å². The molecular formula is C28H41N5O5. The number of aliphatic carboxylic acids is 1. The first-order valence-corrected chi connectivity index (χ1v) is 13.5. The molecule has 1 aromatic heterocycles. The van der Waals surface area contributed by atoms with Gasteiger partial charge in [0.25, 0.3) is 0 Å². The fraction of sp³-hybridized carbons (Fsp3) is 0.571. The normalized spacial score (nSPS) is 17.8. The van der Waals surface area contributed by atoms with E-state index >= 15 is 0 Å². The number of aromatic nitrogens is 1. The minimum Gasteiger partial charge on any atom is -0.480 e. The number of carbonyl (C=O) groups excluding carboxylic acids is 3. The second-order valence-electron chi connectivity index (χ2n) is 11.0. The Morgan fingerprint density at radius 3 is 2.18 bits per heavy atom. The summed E-state index contributed by atoms with van der Waals surface area (Å²) in [5, 5.41) is 22.0. The highest BCUT2D eigenvalue weighted by atomic mass is 16.4. The Hall–Kier alpha value is -3.40. The number of fused-ring (bicyclic) bond motifs is 1. The van der Waals surface area contributed by atoms with Gasteiger partial charge in [0, 0.05) is 23.5 Å². The predicted molar refractivity (Wildman–Crippen MR) is 145 cm³/mol. The number of benzene rings is 1. The molecule has 4 atom stereocenters. The number of hydrogen-bond acceptors (Lipinski definition) is 5. The second kappa shape index (κ2) is 13.4. The number of amides is 3. The van der Waals surface area contributed by atoms with E-state index < -0.39 is 35.9 Å². The van der Waals surface area contributed by atoms with Gasteiger partial charge >= 0.3 is 5.97 Å². The molecule has 1 aliphatic rings. The van der Waals surface area contributed by atoms with Gasteiger partial charge < -0.3 is 31.4 Å². The fourth-order valence-electron chi connectivity index (χ4n) is 4.85. The summed E-state index contributed by atoms with van der Waals surface area (Å²) in [7, 11) is 0. The van der Waals surface area contributed by atoms with Crippen LogP contribution in [-0.2, 0) is 25.6 Å². The van der Waals surface area contributed by atoms with Crippen molar-refractivity contribution in [3.8, 4) is 0 Å². The van der Waals surface area contributed by atoms with E-state index in [-0.39, 0.29) is 36.6 Å². The summed E-state index contributed by atoms with van der Waals surface area (Å²) in [5.74, 6) is -2.28. The molecule has 10 nitrogen and oxygen atoms in total. The first-order chi connectivity index (χ1) is 18.0. The molecule has 2 aromatic rings. The van der Waals surface area contributed by atoms with E-state index in [0.717, 1.165) is 29.4 Å². The highest BCUT2D eigenvalue weighted by Gasteiger charge is 2.32. The summed E-state index contributed by atoms with van der Waals surface area (Å²) in [6, 6.07) is 4.44. The standard InChI is InChI=1S/C28H41N5O5/c1-16(2)12-22(26(35)33-24(28(37)38)13-17(3)4)31-27(36)23(32-25(34)21-10-7-11-29-21)14-18-15-30-20-9-6-5-8-19(18)20/h5-6,8-9,15-17,21-24,29-30H,7,10-14H2,1-4H3,(H,31,36)(H,32,34)(H,33,35)(H,37,38). The molecule has 3 amide bonds. The molecule has 3 rings (SSSR count). The smallest absolute Gasteiger partial charge is 0.326 e. The molecule has 0 bridgehead atoms. The van der Waals surface area contributed by atoms with Crippen molar-refractivity contribution in [2.24, 2.45) is 11.8 Å². The lowest BCUT2D eigenvalue weighted by Gasteiger charge is -2.26. The third kappa shape index (κ3) is 8.05. The number of carboxylic acids is 1. The second-order valence-corrected chi connectivity index (χ2v) is 11.0. The summed E-state index contributed by atoms with van der Waals surface area (Å²) in [6.45, 7) is 8.35. The van der Waals surface area contributed by atoms with E-state index in [1.54, 1.807) is 0 Å². The van der Waals surface area contributed by atoms with Gasteiger partial charge in [0.15, 0.2) is 0 Å². The topological polar surface area (TPSA) is 152 Å². The number of hydrogen-bond donors (Lipinski definition) is 6. The number of H-pyrrole nitrogens is 1. The Balaban J connectivity index is 1.81. The van der Waals surface area contributed by atoms with E-state index in [2.05, 4.69) is 26.3 Å². The molecule has 0 spiro atoms. The van der Waals surface area contributed by atoms with Crippen LogP contribution in [0.3, 0.4) is 0 Å². The van der Waals surface area contributed by atoms with Crippen LogP contribution < -0.4 is 21.3 Å². The van der Waals surface area contributed by atoms with Gasteiger partial charge in [0.05, 0.1) is 6.04 Å². The average Bonchev–Trinajstić information content (AvgIpc) is 3.53. The van der Waals surface area contributed by atoms with Crippen molar-refractivity contribution in [1.29, 1.82) is 0 Å². The number of para-hydroxylation sites is 1. The van der Waals surface area contributed by atoms with E-state index in [4.69, 9.17) is 0 Å². The number of rotatable bonds is 13. The molecule has 38 heavy (non-hydrogen) atoms. The van der Waals surface area contributed by atoms with Gasteiger partial charge in [-0.25, -0.2) is 4.79 Å². The molecule has 0 radical (unpaired) electrons. The number of nitrogens with one attached hydrogen (secondary N) is 5. The first kappa shape index (κ1) is 29.2. The molecular weight excluding hydrogens is 486 g/mol. The quantitative estimate of drug-likeness (QED) is 0.235. The maximum Gasteiger partial charge on any atom is 0.326 e. The fourth-order valence-corrected chi connectivity index (χ4v) is 4.85. The number of carbonyl (C=O) groups is 4. The largest absolute Gasteiger partial charge is 0.480 e. The van der Waals surface area contributed by atoms with Crippen LogP contribution in [0, 0.1) is 11.8 Å². The van der Waals surface area contributed by atoms with Gasteiger partial charge in [-0.3, -0.25) is 14.4 Å². The molecule has 1 aliphatic heterocycles. The number of carboxylic acid groups (broad SMARTS) is 1. The molecule has 4 unspecified atom stereocenters. The van der Waals surface area contributed by atoms with Crippen molar-refractivity contribution in [2.75, 3.05) is 6.54 Å². The zero-order valence-corrected chi connectivity index (χ0v) is 22.7. The average molecular weight is 528 g/mol. The maximum absolute atomic E-state index is 13.6. The monoisotopic (exact) mass is 527 g/mol. The molecule has 1 saturated heterocycles. The van der Waals surface area contributed by atoms with E-state index in [1.165, 1.54) is 0 Å². The minimum atomic E-state index is -1.12. The maximum atomic E-state index is 13.6. The molecule has 2 heterocycles. The molecule has 208 valence electrons. The molecule has 6 N–H and O–H groups in total. The van der Waals surface area contributed by atoms with Crippen LogP contribution in [0.25, 0.3) is 10.9 Å². The lowest BCUT2D eigenvalue weighted by Crippen LogP contribution is -2.57. The van der Waals surface area contributed by atoms with E-state index in [0.29, 0.717) is 12.8 Å². The molecule has 0 saturated carbocycles. The summed E-state index contributed by atoms with van der Waals surface area (Å²) in [6.07, 6.45) is 4.23. The third-order valence-corrected chi connectivity index (χ3v) is 6.77. The Kier molecular flexibility index (Phi) is 10.3. The third-order valence-electron chi connectivity index (χ3n) is 6.77. The molecule has 1 aromatic carbocycles. The summed E-state index contributed by atoms with van der Waals surface area (Å²) in [5.41, 5.74) is 1.79. The Labute approximate surface area is 223 Å². The van der Waals surface area contributed by atoms with Gasteiger partial charge in [-0.15, -0.1) is 0 Å². The molecule has 0 aliphatic carbocycles. The van der Waals surface area contributed by atoms with Crippen LogP contribution in [0.2, 0.25) is 0 Å². The van der Waals surface area contributed by atoms with Crippen molar-refractivity contribution in [3.63, 3.8) is 0 Å². The lowest BCUT2D eigenvalue weighted by molar-refractivity contribution is -0.143. The van der Waals surface area contributed by atoms with Gasteiger partial charge in [0.2, 0.25) is 17.7 Å². The molecule has 1 fully saturated rings. The van der Waals surface area contributed by atoms with E-state index in [1.807, 2.05) is 58.2 Å². The van der Waals surface area contributed by atoms with Crippen LogP contribution in [-0.4, -0.2) is 64.5 Å². The Morgan fingerprint density at radius 1 is 0.921 bits per heavy atom. The van der Waals surface area contributed by atoms with E-state index in [9.17, 15) is 24.3 Å². The highest BCUT2D eigenvalue weighted by molar-refractivity contribution is 5.95. The molecule has 10 heteroatoms. The van der Waals surface area contributed by atoms with Crippen LogP contribution >= 0.6 is 0 Å². The van der Waals surface area contributed by atoms with Crippen LogP contribution in [0.4, 0.5) is 0 Å². The van der Waals surface area contributed by atoms with Crippen LogP contribution in [0.5, 0.6) is 0 Å². The lowest BCUT2D eigenvalue weighted by atomic mass is 9.99. The number of aromatic amines is 1. The van der Waals surface area contributed by atoms with Gasteiger partial charge in [-0.05, 0) is 55.7 Å². The SMILES string of the molecule is CC(C)CC(NC(=O)C(CC(C)C)NC(=O)C(Cc1c[nH]c2ccccc12)NC(=O)C1CCCN1)C(=O)O. The summed E-state index contributed by atoms with van der Waals surface area (Å²) in [4.78, 5) is 54.6. The predicted octanol–water partition coefficient (Wildman–Crippen LogP) is 2.09. The zero-order valence-electron chi connectivity index (χ0n) is 22.7. The van der Waals surface area contributed by atoms with Crippen molar-refractivity contribution < 1.29 is 24.3 Å². The van der Waals surface area contributed by atoms with Crippen molar-refractivity contribution >= 4 is 34.6 Å². The Bertz CT molecular complexity index is 1120. The van der Waals surface area contributed by atoms with Crippen molar-refractivity contribution in [3.05, 3.63) is 36.0 Å². The zero-order chi connectivity index (χ0) is 27.8. The minimum absolute atomic E-state index is 0.0591. The summed E-state index contributed by atoms with van der Waals surface area (Å²) < 4.78 is 0. The highest BCUT2D eigenvalue weighted by Crippen LogP contribution is 2.20. The van der Waals surface area contributed by atoms with Gasteiger partial charge in [0.1, 0.15) is 18.1 Å².